The molecule has 2 N–H and O–H groups in total. The minimum absolute atomic E-state index is 0.0826. The van der Waals surface area contributed by atoms with Crippen LogP contribution in [0.15, 0.2) is 42.5 Å². The Morgan fingerprint density at radius 1 is 1.03 bits per heavy atom. The monoisotopic (exact) mass is 417 g/mol. The summed E-state index contributed by atoms with van der Waals surface area (Å²) in [6.07, 6.45) is 4.11. The van der Waals surface area contributed by atoms with E-state index in [1.54, 1.807) is 29.2 Å². The van der Waals surface area contributed by atoms with Crippen LogP contribution in [-0.4, -0.2) is 30.8 Å². The molecule has 0 saturated carbocycles. The Morgan fingerprint density at radius 2 is 1.77 bits per heavy atom. The summed E-state index contributed by atoms with van der Waals surface area (Å²) in [6.45, 7) is 0.199. The van der Waals surface area contributed by atoms with Crippen molar-refractivity contribution in [3.8, 4) is 0 Å². The van der Waals surface area contributed by atoms with Crippen LogP contribution in [0.3, 0.4) is 0 Å². The molecule has 0 aromatic heterocycles. The number of halogens is 3. The first-order valence-electron chi connectivity index (χ1n) is 9.15. The van der Waals surface area contributed by atoms with E-state index in [4.69, 9.17) is 0 Å². The van der Waals surface area contributed by atoms with Crippen molar-refractivity contribution in [2.45, 2.75) is 12.8 Å². The molecule has 0 aliphatic carbocycles. The van der Waals surface area contributed by atoms with Crippen LogP contribution >= 0.6 is 0 Å². The van der Waals surface area contributed by atoms with Crippen molar-refractivity contribution in [1.29, 1.82) is 0 Å². The van der Waals surface area contributed by atoms with Gasteiger partial charge >= 0.3 is 0 Å². The van der Waals surface area contributed by atoms with Crippen molar-refractivity contribution < 1.29 is 27.6 Å². The molecule has 156 valence electrons. The normalized spacial score (nSPS) is 13.7. The third kappa shape index (κ3) is 5.05. The SMILES string of the molecule is O=C(/C=C/c1ccc(N2CCCC2=O)cc1)NCC(=O)Nc1ccc(F)c(F)c1F. The van der Waals surface area contributed by atoms with Crippen LogP contribution in [-0.2, 0) is 14.4 Å². The topological polar surface area (TPSA) is 78.5 Å². The van der Waals surface area contributed by atoms with Gasteiger partial charge in [-0.2, -0.15) is 0 Å². The highest BCUT2D eigenvalue weighted by molar-refractivity contribution is 5.98. The number of hydrogen-bond acceptors (Lipinski definition) is 3. The van der Waals surface area contributed by atoms with Gasteiger partial charge < -0.3 is 15.5 Å². The van der Waals surface area contributed by atoms with Gasteiger partial charge in [-0.3, -0.25) is 14.4 Å². The maximum absolute atomic E-state index is 13.5. The van der Waals surface area contributed by atoms with Gasteiger partial charge in [0.05, 0.1) is 12.2 Å². The fourth-order valence-corrected chi connectivity index (χ4v) is 2.90. The van der Waals surface area contributed by atoms with Crippen molar-refractivity contribution in [2.75, 3.05) is 23.3 Å². The van der Waals surface area contributed by atoms with E-state index in [2.05, 4.69) is 10.6 Å². The highest BCUT2D eigenvalue weighted by Crippen LogP contribution is 2.22. The van der Waals surface area contributed by atoms with Crippen LogP contribution in [0, 0.1) is 17.5 Å². The Hall–Kier alpha value is -3.62. The molecule has 6 nitrogen and oxygen atoms in total. The maximum atomic E-state index is 13.5. The number of anilines is 2. The summed E-state index contributed by atoms with van der Waals surface area (Å²) >= 11 is 0. The lowest BCUT2D eigenvalue weighted by atomic mass is 10.2. The van der Waals surface area contributed by atoms with Crippen LogP contribution in [0.5, 0.6) is 0 Å². The fraction of sp³-hybridized carbons (Fsp3) is 0.190. The molecule has 3 rings (SSSR count). The molecule has 2 aromatic carbocycles. The zero-order chi connectivity index (χ0) is 21.7. The van der Waals surface area contributed by atoms with Gasteiger partial charge in [0, 0.05) is 24.7 Å². The molecular weight excluding hydrogens is 399 g/mol. The minimum atomic E-state index is -1.69. The van der Waals surface area contributed by atoms with E-state index in [0.717, 1.165) is 18.2 Å². The number of hydrogen-bond donors (Lipinski definition) is 2. The number of carbonyl (C=O) groups is 3. The van der Waals surface area contributed by atoms with E-state index in [1.807, 2.05) is 0 Å². The van der Waals surface area contributed by atoms with E-state index >= 15 is 0 Å². The molecular formula is C21H18F3N3O3. The fourth-order valence-electron chi connectivity index (χ4n) is 2.90. The van der Waals surface area contributed by atoms with Crippen molar-refractivity contribution in [2.24, 2.45) is 0 Å². The summed E-state index contributed by atoms with van der Waals surface area (Å²) < 4.78 is 39.6. The largest absolute Gasteiger partial charge is 0.343 e. The summed E-state index contributed by atoms with van der Waals surface area (Å²) in [5.41, 5.74) is 0.981. The number of carbonyl (C=O) groups excluding carboxylic acids is 3. The predicted octanol–water partition coefficient (Wildman–Crippen LogP) is 3.00. The highest BCUT2D eigenvalue weighted by atomic mass is 19.2. The molecule has 0 atom stereocenters. The first-order chi connectivity index (χ1) is 14.3. The number of nitrogens with one attached hydrogen (secondary N) is 2. The quantitative estimate of drug-likeness (QED) is 0.560. The Morgan fingerprint density at radius 3 is 2.43 bits per heavy atom. The molecule has 0 radical (unpaired) electrons. The van der Waals surface area contributed by atoms with Crippen molar-refractivity contribution in [1.82, 2.24) is 5.32 Å². The lowest BCUT2D eigenvalue weighted by Crippen LogP contribution is -2.32. The molecule has 1 saturated heterocycles. The van der Waals surface area contributed by atoms with Gasteiger partial charge in [-0.1, -0.05) is 12.1 Å². The Labute approximate surface area is 170 Å². The average molecular weight is 417 g/mol. The van der Waals surface area contributed by atoms with Crippen molar-refractivity contribution >= 4 is 35.2 Å². The van der Waals surface area contributed by atoms with Gasteiger partial charge in [0.2, 0.25) is 17.7 Å². The molecule has 0 unspecified atom stereocenters. The third-order valence-electron chi connectivity index (χ3n) is 4.44. The first-order valence-corrected chi connectivity index (χ1v) is 9.15. The van der Waals surface area contributed by atoms with Crippen LogP contribution in [0.25, 0.3) is 6.08 Å². The predicted molar refractivity (Wildman–Crippen MR) is 105 cm³/mol. The van der Waals surface area contributed by atoms with Gasteiger partial charge in [0.15, 0.2) is 17.5 Å². The lowest BCUT2D eigenvalue weighted by Gasteiger charge is -2.15. The second-order valence-corrected chi connectivity index (χ2v) is 6.56. The van der Waals surface area contributed by atoms with Gasteiger partial charge in [-0.15, -0.1) is 0 Å². The molecule has 1 aliphatic rings. The van der Waals surface area contributed by atoms with E-state index in [-0.39, 0.29) is 5.91 Å². The molecule has 2 aromatic rings. The first kappa shape index (κ1) is 21.1. The molecule has 3 amide bonds. The second kappa shape index (κ2) is 9.25. The zero-order valence-electron chi connectivity index (χ0n) is 15.8. The van der Waals surface area contributed by atoms with Crippen LogP contribution < -0.4 is 15.5 Å². The van der Waals surface area contributed by atoms with Crippen LogP contribution in [0.2, 0.25) is 0 Å². The minimum Gasteiger partial charge on any atom is -0.343 e. The smallest absolute Gasteiger partial charge is 0.244 e. The molecule has 1 heterocycles. The van der Waals surface area contributed by atoms with E-state index in [9.17, 15) is 27.6 Å². The molecule has 0 spiro atoms. The van der Waals surface area contributed by atoms with E-state index < -0.39 is 41.5 Å². The van der Waals surface area contributed by atoms with E-state index in [0.29, 0.717) is 24.6 Å². The number of benzene rings is 2. The number of nitrogens with zero attached hydrogens (tertiary/aromatic N) is 1. The van der Waals surface area contributed by atoms with Gasteiger partial charge in [-0.05, 0) is 42.3 Å². The van der Waals surface area contributed by atoms with Crippen LogP contribution in [0.1, 0.15) is 18.4 Å². The average Bonchev–Trinajstić information content (AvgIpc) is 3.17. The zero-order valence-corrected chi connectivity index (χ0v) is 15.8. The van der Waals surface area contributed by atoms with Crippen LogP contribution in [0.4, 0.5) is 24.5 Å². The lowest BCUT2D eigenvalue weighted by molar-refractivity contribution is -0.121. The Kier molecular flexibility index (Phi) is 6.51. The van der Waals surface area contributed by atoms with Crippen molar-refractivity contribution in [3.05, 3.63) is 65.5 Å². The summed E-state index contributed by atoms with van der Waals surface area (Å²) in [5.74, 6) is -5.88. The summed E-state index contributed by atoms with van der Waals surface area (Å²) in [7, 11) is 0. The van der Waals surface area contributed by atoms with Gasteiger partial charge in [0.1, 0.15) is 0 Å². The Bertz CT molecular complexity index is 1010. The number of amides is 3. The highest BCUT2D eigenvalue weighted by Gasteiger charge is 2.21. The van der Waals surface area contributed by atoms with Gasteiger partial charge in [-0.25, -0.2) is 13.2 Å². The molecule has 0 bridgehead atoms. The van der Waals surface area contributed by atoms with E-state index in [1.165, 1.54) is 12.2 Å². The van der Waals surface area contributed by atoms with Crippen molar-refractivity contribution in [3.63, 3.8) is 0 Å². The maximum Gasteiger partial charge on any atom is 0.244 e. The van der Waals surface area contributed by atoms with Gasteiger partial charge in [0.25, 0.3) is 0 Å². The summed E-state index contributed by atoms with van der Waals surface area (Å²) in [5, 5.41) is 4.35. The second-order valence-electron chi connectivity index (χ2n) is 6.56. The number of rotatable bonds is 6. The molecule has 1 fully saturated rings. The standard InChI is InChI=1S/C21H18F3N3O3/c22-15-8-9-16(21(24)20(15)23)26-18(29)12-25-17(28)10-5-13-3-6-14(7-4-13)27-11-1-2-19(27)30/h3-10H,1-2,11-12H2,(H,25,28)(H,26,29)/b10-5+. The molecule has 1 aliphatic heterocycles. The molecule has 30 heavy (non-hydrogen) atoms. The summed E-state index contributed by atoms with van der Waals surface area (Å²) in [6, 6.07) is 8.63. The summed E-state index contributed by atoms with van der Waals surface area (Å²) in [4.78, 5) is 37.0. The Balaban J connectivity index is 1.49. The third-order valence-corrected chi connectivity index (χ3v) is 4.44. The molecule has 9 heteroatoms.